The van der Waals surface area contributed by atoms with Crippen LogP contribution in [0.15, 0.2) is 41.4 Å². The monoisotopic (exact) mass is 350 g/mol. The van der Waals surface area contributed by atoms with E-state index in [-0.39, 0.29) is 0 Å². The van der Waals surface area contributed by atoms with Gasteiger partial charge in [-0.2, -0.15) is 0 Å². The highest BCUT2D eigenvalue weighted by molar-refractivity contribution is 5.81. The van der Waals surface area contributed by atoms with E-state index in [1.165, 1.54) is 24.0 Å². The van der Waals surface area contributed by atoms with E-state index in [2.05, 4.69) is 66.4 Å². The summed E-state index contributed by atoms with van der Waals surface area (Å²) in [5.41, 5.74) is 2.74. The Labute approximate surface area is 154 Å². The Bertz CT molecular complexity index is 805. The molecule has 0 aliphatic carbocycles. The number of aryl methyl sites for hydroxylation is 1. The fourth-order valence-electron chi connectivity index (χ4n) is 3.77. The summed E-state index contributed by atoms with van der Waals surface area (Å²) >= 11 is 0. The summed E-state index contributed by atoms with van der Waals surface area (Å²) in [7, 11) is 1.85. The third-order valence-corrected chi connectivity index (χ3v) is 5.21. The fourth-order valence-corrected chi connectivity index (χ4v) is 3.77. The topological polar surface area (TPSA) is 58.3 Å². The van der Waals surface area contributed by atoms with Crippen LogP contribution in [-0.2, 0) is 19.5 Å². The second-order valence-corrected chi connectivity index (χ2v) is 6.83. The predicted molar refractivity (Wildman–Crippen MR) is 104 cm³/mol. The Hall–Kier alpha value is -2.63. The molecule has 6 nitrogen and oxygen atoms in total. The van der Waals surface area contributed by atoms with Gasteiger partial charge in [-0.1, -0.05) is 36.4 Å². The number of aromatic nitrogens is 3. The molecule has 3 heterocycles. The van der Waals surface area contributed by atoms with Gasteiger partial charge in [0, 0.05) is 33.1 Å². The van der Waals surface area contributed by atoms with E-state index in [1.807, 2.05) is 7.05 Å². The number of nitrogens with zero attached hydrogens (tertiary/aromatic N) is 5. The summed E-state index contributed by atoms with van der Waals surface area (Å²) < 4.78 is 2.26. The quantitative estimate of drug-likeness (QED) is 0.682. The van der Waals surface area contributed by atoms with Gasteiger partial charge in [0.15, 0.2) is 11.8 Å². The molecule has 0 bridgehead atoms. The Morgan fingerprint density at radius 3 is 2.77 bits per heavy atom. The molecule has 6 heteroatoms. The van der Waals surface area contributed by atoms with Crippen LogP contribution in [0.3, 0.4) is 0 Å². The van der Waals surface area contributed by atoms with Gasteiger partial charge in [0.05, 0.1) is 6.54 Å². The van der Waals surface area contributed by atoms with Crippen molar-refractivity contribution in [3.05, 3.63) is 53.6 Å². The van der Waals surface area contributed by atoms with Crippen molar-refractivity contribution in [3.8, 4) is 0 Å². The SMILES string of the molecule is CN=C(NCc1nnc2n1CCCC2)N1CC=C(c2ccccc2)CC1. The zero-order valence-corrected chi connectivity index (χ0v) is 15.4. The van der Waals surface area contributed by atoms with Gasteiger partial charge >= 0.3 is 0 Å². The lowest BCUT2D eigenvalue weighted by atomic mass is 10.00. The van der Waals surface area contributed by atoms with Crippen molar-refractivity contribution in [2.75, 3.05) is 20.1 Å². The van der Waals surface area contributed by atoms with E-state index in [0.29, 0.717) is 6.54 Å². The minimum atomic E-state index is 0.672. The molecule has 0 spiro atoms. The Balaban J connectivity index is 1.38. The third-order valence-electron chi connectivity index (χ3n) is 5.21. The molecule has 0 saturated carbocycles. The number of guanidine groups is 1. The van der Waals surface area contributed by atoms with Crippen LogP contribution in [-0.4, -0.2) is 45.8 Å². The molecule has 0 saturated heterocycles. The van der Waals surface area contributed by atoms with E-state index in [1.54, 1.807) is 0 Å². The van der Waals surface area contributed by atoms with Crippen LogP contribution in [0.4, 0.5) is 0 Å². The molecule has 1 aromatic heterocycles. The molecule has 0 unspecified atom stereocenters. The molecule has 2 aliphatic heterocycles. The summed E-state index contributed by atoms with van der Waals surface area (Å²) in [5, 5.41) is 12.2. The van der Waals surface area contributed by atoms with Gasteiger partial charge in [0.25, 0.3) is 0 Å². The lowest BCUT2D eigenvalue weighted by Gasteiger charge is -2.29. The highest BCUT2D eigenvalue weighted by Gasteiger charge is 2.19. The third kappa shape index (κ3) is 3.49. The molecule has 0 amide bonds. The highest BCUT2D eigenvalue weighted by Crippen LogP contribution is 2.22. The van der Waals surface area contributed by atoms with Gasteiger partial charge in [-0.3, -0.25) is 4.99 Å². The number of hydrogen-bond acceptors (Lipinski definition) is 3. The molecule has 2 aromatic rings. The molecule has 4 rings (SSSR count). The van der Waals surface area contributed by atoms with Crippen LogP contribution in [0, 0.1) is 0 Å². The highest BCUT2D eigenvalue weighted by atomic mass is 15.3. The summed E-state index contributed by atoms with van der Waals surface area (Å²) in [5.74, 6) is 3.07. The van der Waals surface area contributed by atoms with Gasteiger partial charge in [-0.25, -0.2) is 0 Å². The van der Waals surface area contributed by atoms with Crippen LogP contribution < -0.4 is 5.32 Å². The number of nitrogens with one attached hydrogen (secondary N) is 1. The number of rotatable bonds is 3. The van der Waals surface area contributed by atoms with Crippen LogP contribution in [0.1, 0.15) is 36.5 Å². The summed E-state index contributed by atoms with van der Waals surface area (Å²) in [6, 6.07) is 10.6. The molecule has 0 fully saturated rings. The van der Waals surface area contributed by atoms with Gasteiger partial charge in [-0.05, 0) is 30.4 Å². The van der Waals surface area contributed by atoms with E-state index in [9.17, 15) is 0 Å². The van der Waals surface area contributed by atoms with Crippen LogP contribution in [0.5, 0.6) is 0 Å². The van der Waals surface area contributed by atoms with Gasteiger partial charge in [0.1, 0.15) is 5.82 Å². The van der Waals surface area contributed by atoms with E-state index >= 15 is 0 Å². The molecule has 1 aromatic carbocycles. The first-order valence-corrected chi connectivity index (χ1v) is 9.46. The number of hydrogen-bond donors (Lipinski definition) is 1. The molecule has 0 atom stereocenters. The first-order chi connectivity index (χ1) is 12.8. The van der Waals surface area contributed by atoms with E-state index < -0.39 is 0 Å². The molecule has 26 heavy (non-hydrogen) atoms. The number of aliphatic imine (C=N–C) groups is 1. The maximum atomic E-state index is 4.47. The minimum absolute atomic E-state index is 0.672. The van der Waals surface area contributed by atoms with Crippen molar-refractivity contribution < 1.29 is 0 Å². The Morgan fingerprint density at radius 1 is 1.12 bits per heavy atom. The molecular formula is C20H26N6. The Kier molecular flexibility index (Phi) is 5.00. The van der Waals surface area contributed by atoms with Crippen LogP contribution in [0.2, 0.25) is 0 Å². The zero-order chi connectivity index (χ0) is 17.8. The van der Waals surface area contributed by atoms with Crippen LogP contribution >= 0.6 is 0 Å². The summed E-state index contributed by atoms with van der Waals surface area (Å²) in [6.07, 6.45) is 6.82. The van der Waals surface area contributed by atoms with Crippen molar-refractivity contribution in [1.82, 2.24) is 25.0 Å². The van der Waals surface area contributed by atoms with Gasteiger partial charge in [-0.15, -0.1) is 10.2 Å². The van der Waals surface area contributed by atoms with Gasteiger partial charge < -0.3 is 14.8 Å². The summed E-state index contributed by atoms with van der Waals surface area (Å²) in [4.78, 5) is 6.76. The molecule has 136 valence electrons. The second kappa shape index (κ2) is 7.72. The lowest BCUT2D eigenvalue weighted by molar-refractivity contribution is 0.436. The summed E-state index contributed by atoms with van der Waals surface area (Å²) in [6.45, 7) is 3.55. The molecule has 0 radical (unpaired) electrons. The zero-order valence-electron chi connectivity index (χ0n) is 15.4. The normalized spacial score (nSPS) is 17.7. The first-order valence-electron chi connectivity index (χ1n) is 9.46. The first kappa shape index (κ1) is 16.8. The van der Waals surface area contributed by atoms with E-state index in [4.69, 9.17) is 0 Å². The average Bonchev–Trinajstić information content (AvgIpc) is 3.13. The molecule has 1 N–H and O–H groups in total. The van der Waals surface area contributed by atoms with Crippen molar-refractivity contribution in [2.24, 2.45) is 4.99 Å². The standard InChI is InChI=1S/C20H26N6/c1-21-20(22-15-19-24-23-18-9-5-6-12-26(18)19)25-13-10-17(11-14-25)16-7-3-2-4-8-16/h2-4,7-8,10H,5-6,9,11-15H2,1H3,(H,21,22). The Morgan fingerprint density at radius 2 is 2.00 bits per heavy atom. The van der Waals surface area contributed by atoms with E-state index in [0.717, 1.165) is 50.1 Å². The van der Waals surface area contributed by atoms with Crippen LogP contribution in [0.25, 0.3) is 5.57 Å². The van der Waals surface area contributed by atoms with Crippen molar-refractivity contribution in [2.45, 2.75) is 38.8 Å². The largest absolute Gasteiger partial charge is 0.349 e. The fraction of sp³-hybridized carbons (Fsp3) is 0.450. The number of fused-ring (bicyclic) bond motifs is 1. The van der Waals surface area contributed by atoms with Crippen molar-refractivity contribution in [1.29, 1.82) is 0 Å². The predicted octanol–water partition coefficient (Wildman–Crippen LogP) is 2.48. The smallest absolute Gasteiger partial charge is 0.194 e. The average molecular weight is 350 g/mol. The minimum Gasteiger partial charge on any atom is -0.349 e. The van der Waals surface area contributed by atoms with Gasteiger partial charge in [0.2, 0.25) is 0 Å². The maximum Gasteiger partial charge on any atom is 0.194 e. The number of benzene rings is 1. The molecular weight excluding hydrogens is 324 g/mol. The van der Waals surface area contributed by atoms with Crippen molar-refractivity contribution >= 4 is 11.5 Å². The second-order valence-electron chi connectivity index (χ2n) is 6.83. The van der Waals surface area contributed by atoms with Crippen molar-refractivity contribution in [3.63, 3.8) is 0 Å². The lowest BCUT2D eigenvalue weighted by Crippen LogP contribution is -2.43. The molecule has 2 aliphatic rings. The maximum absolute atomic E-state index is 4.47.